The molecule has 0 saturated heterocycles. The maximum Gasteiger partial charge on any atom is 0.258 e. The number of imide groups is 1. The molecule has 0 saturated carbocycles. The Morgan fingerprint density at radius 1 is 0.659 bits per heavy atom. The van der Waals surface area contributed by atoms with Crippen LogP contribution in [-0.2, 0) is 0 Å². The quantitative estimate of drug-likeness (QED) is 0.0682. The van der Waals surface area contributed by atoms with Crippen LogP contribution in [0.2, 0.25) is 0 Å². The summed E-state index contributed by atoms with van der Waals surface area (Å²) in [5.41, 5.74) is 6.74. The molecule has 6 aromatic rings. The summed E-state index contributed by atoms with van der Waals surface area (Å²) in [5, 5.41) is 20.0. The van der Waals surface area contributed by atoms with Crippen LogP contribution in [0.4, 0.5) is 0 Å². The molecular weight excluding hydrogens is 542 g/mol. The molecule has 7 rings (SSSR count). The molecule has 4 heteroatoms. The highest BCUT2D eigenvalue weighted by Crippen LogP contribution is 2.49. The Balaban J connectivity index is 1.69. The first-order chi connectivity index (χ1) is 21.3. The van der Waals surface area contributed by atoms with Crippen LogP contribution in [0.25, 0.3) is 54.2 Å². The van der Waals surface area contributed by atoms with Crippen molar-refractivity contribution in [2.45, 2.75) is 58.8 Å². The van der Waals surface area contributed by atoms with Crippen molar-refractivity contribution in [3.8, 4) is 23.0 Å². The molecule has 2 amide bonds. The average molecular weight is 578 g/mol. The molecule has 0 radical (unpaired) electrons. The first-order valence-corrected chi connectivity index (χ1v) is 15.6. The highest BCUT2D eigenvalue weighted by molar-refractivity contribution is 6.40. The van der Waals surface area contributed by atoms with Crippen molar-refractivity contribution >= 4 is 54.9 Å². The number of carbonyl (C=O) groups excluding carboxylic acids is 2. The van der Waals surface area contributed by atoms with Gasteiger partial charge in [-0.25, -0.2) is 0 Å². The molecule has 0 bridgehead atoms. The molecule has 1 heterocycles. The Labute approximate surface area is 257 Å². The van der Waals surface area contributed by atoms with E-state index >= 15 is 0 Å². The minimum atomic E-state index is -0.353. The van der Waals surface area contributed by atoms with E-state index < -0.39 is 0 Å². The summed E-state index contributed by atoms with van der Waals surface area (Å²) in [5.74, 6) is 6.56. The molecule has 6 aromatic carbocycles. The molecule has 218 valence electrons. The van der Waals surface area contributed by atoms with Crippen molar-refractivity contribution in [3.63, 3.8) is 0 Å². The number of unbranched alkanes of at least 4 members (excludes halogenated alkanes) is 2. The van der Waals surface area contributed by atoms with Crippen molar-refractivity contribution in [3.05, 3.63) is 94.5 Å². The average Bonchev–Trinajstić information content (AvgIpc) is 3.02. The molecule has 4 nitrogen and oxygen atoms in total. The maximum absolute atomic E-state index is 13.5. The molecule has 0 unspecified atom stereocenters. The zero-order chi connectivity index (χ0) is 30.7. The molecular formula is C40H35NO3. The number of aliphatic hydroxyl groups excluding tert-OH is 1. The Morgan fingerprint density at radius 2 is 1.32 bits per heavy atom. The fourth-order valence-electron chi connectivity index (χ4n) is 7.17. The van der Waals surface area contributed by atoms with E-state index in [1.165, 1.54) is 16.7 Å². The van der Waals surface area contributed by atoms with Gasteiger partial charge in [-0.05, 0) is 103 Å². The molecule has 44 heavy (non-hydrogen) atoms. The lowest BCUT2D eigenvalue weighted by molar-refractivity contribution is 0.0845. The number of nitrogens with one attached hydrogen (secondary N) is 1. The van der Waals surface area contributed by atoms with Gasteiger partial charge in [0.1, 0.15) is 0 Å². The summed E-state index contributed by atoms with van der Waals surface area (Å²) < 4.78 is 0. The number of rotatable bonds is 6. The summed E-state index contributed by atoms with van der Waals surface area (Å²) in [6.45, 7) is 9.06. The van der Waals surface area contributed by atoms with E-state index in [2.05, 4.69) is 93.4 Å². The van der Waals surface area contributed by atoms with Crippen molar-refractivity contribution in [1.82, 2.24) is 5.32 Å². The van der Waals surface area contributed by atoms with Gasteiger partial charge in [0.25, 0.3) is 11.8 Å². The van der Waals surface area contributed by atoms with Crippen LogP contribution in [0.15, 0.2) is 66.7 Å². The lowest BCUT2D eigenvalue weighted by Crippen LogP contribution is -2.34. The highest BCUT2D eigenvalue weighted by atomic mass is 16.3. The summed E-state index contributed by atoms with van der Waals surface area (Å²) in [6.07, 6.45) is 2.36. The number of fused-ring (bicyclic) bond motifs is 2. The number of benzene rings is 6. The Kier molecular flexibility index (Phi) is 6.87. The monoisotopic (exact) mass is 577 g/mol. The fraction of sp³-hybridized carbons (Fsp3) is 0.250. The summed E-state index contributed by atoms with van der Waals surface area (Å²) in [4.78, 5) is 26.7. The highest BCUT2D eigenvalue weighted by Gasteiger charge is 2.31. The predicted molar refractivity (Wildman–Crippen MR) is 181 cm³/mol. The van der Waals surface area contributed by atoms with Gasteiger partial charge in [0.2, 0.25) is 0 Å². The van der Waals surface area contributed by atoms with Gasteiger partial charge < -0.3 is 5.11 Å². The van der Waals surface area contributed by atoms with E-state index in [0.717, 1.165) is 73.5 Å². The van der Waals surface area contributed by atoms with Gasteiger partial charge in [-0.2, -0.15) is 0 Å². The second kappa shape index (κ2) is 10.8. The van der Waals surface area contributed by atoms with E-state index in [4.69, 9.17) is 5.11 Å². The fourth-order valence-corrected chi connectivity index (χ4v) is 7.17. The molecule has 2 N–H and O–H groups in total. The third-order valence-electron chi connectivity index (χ3n) is 9.17. The van der Waals surface area contributed by atoms with Gasteiger partial charge >= 0.3 is 0 Å². The summed E-state index contributed by atoms with van der Waals surface area (Å²) in [6, 6.07) is 23.1. The summed E-state index contributed by atoms with van der Waals surface area (Å²) >= 11 is 0. The van der Waals surface area contributed by atoms with Crippen LogP contribution >= 0.6 is 0 Å². The van der Waals surface area contributed by atoms with Crippen molar-refractivity contribution < 1.29 is 14.7 Å². The van der Waals surface area contributed by atoms with Gasteiger partial charge in [0.15, 0.2) is 0 Å². The predicted octanol–water partition coefficient (Wildman–Crippen LogP) is 9.05. The first kappa shape index (κ1) is 28.1. The molecule has 0 atom stereocenters. The van der Waals surface area contributed by atoms with Gasteiger partial charge in [-0.15, -0.1) is 0 Å². The molecule has 0 fully saturated rings. The SMILES string of the molecule is CC(C)c1cccc(C(C)C)c1-c1cc2c3c(ccc4c5ccc(C#CCCCCO)c6cccc(c1c34)c65)C(=O)NC2=O. The van der Waals surface area contributed by atoms with Crippen molar-refractivity contribution in [1.29, 1.82) is 0 Å². The molecule has 0 spiro atoms. The molecule has 0 aromatic heterocycles. The molecule has 1 aliphatic rings. The smallest absolute Gasteiger partial charge is 0.258 e. The Morgan fingerprint density at radius 3 is 2.05 bits per heavy atom. The van der Waals surface area contributed by atoms with Crippen LogP contribution in [0.5, 0.6) is 0 Å². The minimum absolute atomic E-state index is 0.186. The number of hydrogen-bond acceptors (Lipinski definition) is 3. The normalized spacial score (nSPS) is 13.1. The van der Waals surface area contributed by atoms with Gasteiger partial charge in [0.05, 0.1) is 0 Å². The van der Waals surface area contributed by atoms with Crippen LogP contribution in [0.1, 0.15) is 96.2 Å². The largest absolute Gasteiger partial charge is 0.396 e. The van der Waals surface area contributed by atoms with Crippen molar-refractivity contribution in [2.75, 3.05) is 6.61 Å². The van der Waals surface area contributed by atoms with Crippen LogP contribution in [0, 0.1) is 11.8 Å². The lowest BCUT2D eigenvalue weighted by Gasteiger charge is -2.26. The first-order valence-electron chi connectivity index (χ1n) is 15.6. The topological polar surface area (TPSA) is 66.4 Å². The van der Waals surface area contributed by atoms with Gasteiger partial charge in [0, 0.05) is 35.1 Å². The van der Waals surface area contributed by atoms with Crippen molar-refractivity contribution in [2.24, 2.45) is 0 Å². The second-order valence-corrected chi connectivity index (χ2v) is 12.5. The zero-order valence-corrected chi connectivity index (χ0v) is 25.6. The number of amides is 2. The third-order valence-corrected chi connectivity index (χ3v) is 9.17. The number of aliphatic hydroxyl groups is 1. The van der Waals surface area contributed by atoms with E-state index in [1.807, 2.05) is 18.2 Å². The van der Waals surface area contributed by atoms with Gasteiger partial charge in [-0.1, -0.05) is 88.1 Å². The lowest BCUT2D eigenvalue weighted by atomic mass is 9.78. The van der Waals surface area contributed by atoms with E-state index in [0.29, 0.717) is 11.1 Å². The maximum atomic E-state index is 13.5. The van der Waals surface area contributed by atoms with E-state index in [9.17, 15) is 9.59 Å². The third kappa shape index (κ3) is 4.19. The number of carbonyl (C=O) groups is 2. The summed E-state index contributed by atoms with van der Waals surface area (Å²) in [7, 11) is 0. The van der Waals surface area contributed by atoms with Crippen LogP contribution in [-0.4, -0.2) is 23.5 Å². The molecule has 0 aliphatic carbocycles. The second-order valence-electron chi connectivity index (χ2n) is 12.5. The van der Waals surface area contributed by atoms with E-state index in [1.54, 1.807) is 0 Å². The van der Waals surface area contributed by atoms with E-state index in [-0.39, 0.29) is 30.3 Å². The Bertz CT molecular complexity index is 2180. The minimum Gasteiger partial charge on any atom is -0.396 e. The number of hydrogen-bond donors (Lipinski definition) is 2. The Hall–Kier alpha value is -4.72. The van der Waals surface area contributed by atoms with Crippen LogP contribution < -0.4 is 5.32 Å². The molecule has 1 aliphatic heterocycles. The zero-order valence-electron chi connectivity index (χ0n) is 25.6. The standard InChI is InChI=1S/C40H35NO3/c1-22(2)25-12-9-13-26(23(3)4)34(25)32-21-33-37-31(39(43)41-40(33)44)19-18-29-28-17-16-24(11-7-5-6-8-20-42)27-14-10-15-30(35(27)28)36(32)38(29)37/h9-10,12-19,21-23,42H,5-6,8,20H2,1-4H3,(H,41,43,44). The van der Waals surface area contributed by atoms with Gasteiger partial charge in [-0.3, -0.25) is 14.9 Å². The van der Waals surface area contributed by atoms with Crippen LogP contribution in [0.3, 0.4) is 0 Å².